The van der Waals surface area contributed by atoms with E-state index >= 15 is 0 Å². The molecule has 0 aliphatic heterocycles. The first-order valence-electron chi connectivity index (χ1n) is 6.11. The summed E-state index contributed by atoms with van der Waals surface area (Å²) in [6.45, 7) is 0. The fraction of sp³-hybridized carbons (Fsp3) is 0. The first-order valence-corrected chi connectivity index (χ1v) is 7.69. The average molecular weight is 351 g/mol. The Labute approximate surface area is 139 Å². The lowest BCUT2D eigenvalue weighted by Crippen LogP contribution is -1.75. The summed E-state index contributed by atoms with van der Waals surface area (Å²) < 4.78 is 0. The quantitative estimate of drug-likeness (QED) is 0.621. The maximum absolute atomic E-state index is 9.29. The van der Waals surface area contributed by atoms with Crippen molar-refractivity contribution in [2.75, 3.05) is 0 Å². The molecule has 1 aromatic heterocycles. The van der Waals surface area contributed by atoms with Crippen LogP contribution < -0.4 is 0 Å². The van der Waals surface area contributed by atoms with Crippen LogP contribution in [-0.2, 0) is 0 Å². The third-order valence-corrected chi connectivity index (χ3v) is 4.09. The van der Waals surface area contributed by atoms with Crippen molar-refractivity contribution < 1.29 is 5.11 Å². The maximum Gasteiger partial charge on any atom is 0.252 e. The molecule has 5 nitrogen and oxygen atoms in total. The second-order valence-electron chi connectivity index (χ2n) is 4.23. The lowest BCUT2D eigenvalue weighted by atomic mass is 10.2. The van der Waals surface area contributed by atoms with E-state index in [-0.39, 0.29) is 5.75 Å². The summed E-state index contributed by atoms with van der Waals surface area (Å²) in [5.41, 5.74) is 1.36. The second kappa shape index (κ2) is 6.39. The molecule has 0 aliphatic carbocycles. The van der Waals surface area contributed by atoms with Crippen LogP contribution in [0.3, 0.4) is 0 Å². The standard InChI is InChI=1S/C14H8Cl2N4OS/c15-9-3-1-8(2-4-9)13-18-20-14(22-13)19-17-12-6-5-10(21)7-11(12)16/h1-7,21H. The summed E-state index contributed by atoms with van der Waals surface area (Å²) in [4.78, 5) is 0. The first-order chi connectivity index (χ1) is 10.6. The number of hydrogen-bond donors (Lipinski definition) is 1. The zero-order valence-corrected chi connectivity index (χ0v) is 13.3. The number of azo groups is 1. The summed E-state index contributed by atoms with van der Waals surface area (Å²) in [7, 11) is 0. The molecule has 22 heavy (non-hydrogen) atoms. The molecule has 3 rings (SSSR count). The number of aromatic nitrogens is 2. The Balaban J connectivity index is 1.82. The van der Waals surface area contributed by atoms with Crippen LogP contribution >= 0.6 is 34.5 Å². The zero-order valence-electron chi connectivity index (χ0n) is 10.9. The molecule has 0 fully saturated rings. The van der Waals surface area contributed by atoms with Gasteiger partial charge >= 0.3 is 0 Å². The van der Waals surface area contributed by atoms with Gasteiger partial charge in [0.2, 0.25) is 0 Å². The fourth-order valence-corrected chi connectivity index (χ4v) is 2.65. The first kappa shape index (κ1) is 14.9. The summed E-state index contributed by atoms with van der Waals surface area (Å²) in [5.74, 6) is 0.0740. The van der Waals surface area contributed by atoms with Crippen LogP contribution in [0.4, 0.5) is 10.8 Å². The molecule has 3 aromatic rings. The number of benzene rings is 2. The highest BCUT2D eigenvalue weighted by Crippen LogP contribution is 2.32. The minimum atomic E-state index is 0.0740. The fourth-order valence-electron chi connectivity index (χ4n) is 1.64. The van der Waals surface area contributed by atoms with Gasteiger partial charge in [0.15, 0.2) is 0 Å². The molecule has 1 N–H and O–H groups in total. The van der Waals surface area contributed by atoms with Crippen molar-refractivity contribution in [3.8, 4) is 16.3 Å². The smallest absolute Gasteiger partial charge is 0.252 e. The Kier molecular flexibility index (Phi) is 4.33. The molecule has 2 aromatic carbocycles. The molecular weight excluding hydrogens is 343 g/mol. The number of halogens is 2. The lowest BCUT2D eigenvalue weighted by molar-refractivity contribution is 0.475. The van der Waals surface area contributed by atoms with Crippen molar-refractivity contribution in [3.05, 3.63) is 52.5 Å². The molecule has 0 aliphatic rings. The van der Waals surface area contributed by atoms with E-state index in [4.69, 9.17) is 23.2 Å². The van der Waals surface area contributed by atoms with Crippen LogP contribution in [0.2, 0.25) is 10.0 Å². The number of phenols is 1. The zero-order chi connectivity index (χ0) is 15.5. The molecule has 1 heterocycles. The van der Waals surface area contributed by atoms with E-state index in [1.54, 1.807) is 18.2 Å². The van der Waals surface area contributed by atoms with E-state index < -0.39 is 0 Å². The van der Waals surface area contributed by atoms with Crippen molar-refractivity contribution in [2.24, 2.45) is 10.2 Å². The maximum atomic E-state index is 9.29. The van der Waals surface area contributed by atoms with Gasteiger partial charge in [-0.05, 0) is 24.3 Å². The topological polar surface area (TPSA) is 70.7 Å². The summed E-state index contributed by atoms with van der Waals surface area (Å²) in [5, 5.41) is 27.4. The van der Waals surface area contributed by atoms with E-state index in [1.807, 2.05) is 12.1 Å². The normalized spacial score (nSPS) is 11.2. The van der Waals surface area contributed by atoms with Gasteiger partial charge in [0.05, 0.1) is 5.02 Å². The van der Waals surface area contributed by atoms with E-state index in [1.165, 1.54) is 23.5 Å². The van der Waals surface area contributed by atoms with E-state index in [2.05, 4.69) is 20.4 Å². The Morgan fingerprint density at radius 2 is 1.73 bits per heavy atom. The molecule has 0 unspecified atom stereocenters. The highest BCUT2D eigenvalue weighted by Gasteiger charge is 2.06. The molecule has 0 spiro atoms. The van der Waals surface area contributed by atoms with Gasteiger partial charge in [-0.1, -0.05) is 46.7 Å². The van der Waals surface area contributed by atoms with Crippen LogP contribution in [0.1, 0.15) is 0 Å². The summed E-state index contributed by atoms with van der Waals surface area (Å²) in [6.07, 6.45) is 0. The molecule has 0 amide bonds. The monoisotopic (exact) mass is 350 g/mol. The van der Waals surface area contributed by atoms with Crippen molar-refractivity contribution in [3.63, 3.8) is 0 Å². The minimum absolute atomic E-state index is 0.0740. The third-order valence-electron chi connectivity index (χ3n) is 2.68. The number of aromatic hydroxyl groups is 1. The van der Waals surface area contributed by atoms with E-state index in [0.29, 0.717) is 20.9 Å². The Hall–Kier alpha value is -2.02. The van der Waals surface area contributed by atoms with Gasteiger partial charge < -0.3 is 5.11 Å². The van der Waals surface area contributed by atoms with Gasteiger partial charge in [0, 0.05) is 16.7 Å². The van der Waals surface area contributed by atoms with Gasteiger partial charge in [-0.25, -0.2) is 0 Å². The predicted molar refractivity (Wildman–Crippen MR) is 87.6 cm³/mol. The van der Waals surface area contributed by atoms with Gasteiger partial charge in [-0.3, -0.25) is 0 Å². The van der Waals surface area contributed by atoms with Crippen molar-refractivity contribution >= 4 is 45.4 Å². The Morgan fingerprint density at radius 1 is 0.955 bits per heavy atom. The number of rotatable bonds is 3. The molecule has 8 heteroatoms. The Bertz CT molecular complexity index is 833. The molecule has 0 bridgehead atoms. The Morgan fingerprint density at radius 3 is 2.45 bits per heavy atom. The minimum Gasteiger partial charge on any atom is -0.508 e. The number of nitrogens with zero attached hydrogens (tertiary/aromatic N) is 4. The second-order valence-corrected chi connectivity index (χ2v) is 6.03. The SMILES string of the molecule is Oc1ccc(N=Nc2nnc(-c3ccc(Cl)cc3)s2)c(Cl)c1. The molecule has 0 atom stereocenters. The lowest BCUT2D eigenvalue weighted by Gasteiger charge is -1.96. The largest absolute Gasteiger partial charge is 0.508 e. The number of phenolic OH excluding ortho intramolecular Hbond substituents is 1. The molecule has 110 valence electrons. The highest BCUT2D eigenvalue weighted by molar-refractivity contribution is 7.18. The van der Waals surface area contributed by atoms with Gasteiger partial charge in [-0.15, -0.1) is 20.4 Å². The van der Waals surface area contributed by atoms with Crippen molar-refractivity contribution in [1.29, 1.82) is 0 Å². The molecule has 0 saturated heterocycles. The van der Waals surface area contributed by atoms with Crippen LogP contribution in [0, 0.1) is 0 Å². The highest BCUT2D eigenvalue weighted by atomic mass is 35.5. The van der Waals surface area contributed by atoms with Gasteiger partial charge in [0.1, 0.15) is 16.4 Å². The summed E-state index contributed by atoms with van der Waals surface area (Å²) >= 11 is 13.1. The van der Waals surface area contributed by atoms with Crippen molar-refractivity contribution in [1.82, 2.24) is 10.2 Å². The predicted octanol–water partition coefficient (Wildman–Crippen LogP) is 5.63. The molecule has 0 radical (unpaired) electrons. The number of hydrogen-bond acceptors (Lipinski definition) is 6. The van der Waals surface area contributed by atoms with Gasteiger partial charge in [-0.2, -0.15) is 0 Å². The van der Waals surface area contributed by atoms with Crippen LogP contribution in [0.15, 0.2) is 52.7 Å². The van der Waals surface area contributed by atoms with Crippen LogP contribution in [0.5, 0.6) is 5.75 Å². The van der Waals surface area contributed by atoms with Crippen molar-refractivity contribution in [2.45, 2.75) is 0 Å². The van der Waals surface area contributed by atoms with E-state index in [9.17, 15) is 5.11 Å². The average Bonchev–Trinajstić information content (AvgIpc) is 2.96. The van der Waals surface area contributed by atoms with E-state index in [0.717, 1.165) is 10.6 Å². The van der Waals surface area contributed by atoms with Crippen LogP contribution in [-0.4, -0.2) is 15.3 Å². The molecule has 0 saturated carbocycles. The van der Waals surface area contributed by atoms with Crippen LogP contribution in [0.25, 0.3) is 10.6 Å². The molecular formula is C14H8Cl2N4OS. The van der Waals surface area contributed by atoms with Gasteiger partial charge in [0.25, 0.3) is 5.13 Å². The third kappa shape index (κ3) is 3.41. The summed E-state index contributed by atoms with van der Waals surface area (Å²) in [6, 6.07) is 11.8.